The third kappa shape index (κ3) is 4.81. The summed E-state index contributed by atoms with van der Waals surface area (Å²) in [5.74, 6) is 1.67. The van der Waals surface area contributed by atoms with Crippen molar-refractivity contribution in [2.45, 2.75) is 19.9 Å². The van der Waals surface area contributed by atoms with Crippen LogP contribution in [0.3, 0.4) is 0 Å². The summed E-state index contributed by atoms with van der Waals surface area (Å²) in [4.78, 5) is 8.55. The molecular weight excluding hydrogens is 296 g/mol. The molecule has 0 atom stereocenters. The molecule has 0 bridgehead atoms. The number of benzene rings is 2. The summed E-state index contributed by atoms with van der Waals surface area (Å²) in [5, 5.41) is 6.69. The molecule has 1 aromatic heterocycles. The maximum Gasteiger partial charge on any atom is 0.131 e. The van der Waals surface area contributed by atoms with Crippen molar-refractivity contribution < 1.29 is 0 Å². The van der Waals surface area contributed by atoms with Crippen LogP contribution in [-0.2, 0) is 13.0 Å². The fourth-order valence-corrected chi connectivity index (χ4v) is 2.43. The molecule has 3 aromatic rings. The van der Waals surface area contributed by atoms with Crippen LogP contribution in [0.5, 0.6) is 0 Å². The number of nitrogens with zero attached hydrogens (tertiary/aromatic N) is 2. The molecule has 3 rings (SSSR count). The molecule has 2 N–H and O–H groups in total. The van der Waals surface area contributed by atoms with Gasteiger partial charge in [0.15, 0.2) is 0 Å². The topological polar surface area (TPSA) is 49.8 Å². The van der Waals surface area contributed by atoms with Gasteiger partial charge < -0.3 is 10.6 Å². The van der Waals surface area contributed by atoms with Crippen LogP contribution in [0.15, 0.2) is 67.0 Å². The Morgan fingerprint density at radius 3 is 2.25 bits per heavy atom. The summed E-state index contributed by atoms with van der Waals surface area (Å²) >= 11 is 0. The van der Waals surface area contributed by atoms with Crippen LogP contribution in [0, 0.1) is 6.92 Å². The molecule has 0 spiro atoms. The summed E-state index contributed by atoms with van der Waals surface area (Å²) < 4.78 is 0. The molecule has 0 aliphatic rings. The predicted molar refractivity (Wildman–Crippen MR) is 99.2 cm³/mol. The fraction of sp³-hybridized carbons (Fsp3) is 0.200. The van der Waals surface area contributed by atoms with Crippen molar-refractivity contribution in [2.24, 2.45) is 0 Å². The van der Waals surface area contributed by atoms with Crippen LogP contribution >= 0.6 is 0 Å². The molecule has 0 aliphatic carbocycles. The first kappa shape index (κ1) is 16.0. The van der Waals surface area contributed by atoms with Gasteiger partial charge in [-0.05, 0) is 24.5 Å². The van der Waals surface area contributed by atoms with Gasteiger partial charge in [0.05, 0.1) is 0 Å². The van der Waals surface area contributed by atoms with E-state index in [1.807, 2.05) is 12.1 Å². The smallest absolute Gasteiger partial charge is 0.131 e. The van der Waals surface area contributed by atoms with Crippen LogP contribution < -0.4 is 10.6 Å². The lowest BCUT2D eigenvalue weighted by molar-refractivity contribution is 0.996. The Labute approximate surface area is 143 Å². The zero-order valence-electron chi connectivity index (χ0n) is 13.9. The Morgan fingerprint density at radius 1 is 0.792 bits per heavy atom. The summed E-state index contributed by atoms with van der Waals surface area (Å²) in [6.07, 6.45) is 2.55. The second kappa shape index (κ2) is 8.11. The Morgan fingerprint density at radius 2 is 1.50 bits per heavy atom. The minimum atomic E-state index is 0.751. The number of anilines is 2. The summed E-state index contributed by atoms with van der Waals surface area (Å²) in [6, 6.07) is 20.9. The SMILES string of the molecule is Cc1ccc(CNc2cc(NCCc3ccccc3)ncn2)cc1. The Balaban J connectivity index is 1.51. The maximum atomic E-state index is 4.28. The van der Waals surface area contributed by atoms with Crippen molar-refractivity contribution >= 4 is 11.6 Å². The number of hydrogen-bond acceptors (Lipinski definition) is 4. The van der Waals surface area contributed by atoms with Crippen molar-refractivity contribution in [3.05, 3.63) is 83.7 Å². The van der Waals surface area contributed by atoms with Gasteiger partial charge in [0.1, 0.15) is 18.0 Å². The van der Waals surface area contributed by atoms with Gasteiger partial charge in [0.2, 0.25) is 0 Å². The molecule has 0 radical (unpaired) electrons. The normalized spacial score (nSPS) is 10.4. The molecule has 0 saturated carbocycles. The second-order valence-corrected chi connectivity index (χ2v) is 5.79. The Kier molecular flexibility index (Phi) is 5.40. The van der Waals surface area contributed by atoms with E-state index in [4.69, 9.17) is 0 Å². The van der Waals surface area contributed by atoms with Crippen LogP contribution in [0.4, 0.5) is 11.6 Å². The van der Waals surface area contributed by atoms with Gasteiger partial charge in [-0.1, -0.05) is 60.2 Å². The summed E-state index contributed by atoms with van der Waals surface area (Å²) in [5.41, 5.74) is 3.82. The van der Waals surface area contributed by atoms with Gasteiger partial charge in [-0.15, -0.1) is 0 Å². The lowest BCUT2D eigenvalue weighted by Gasteiger charge is -2.09. The predicted octanol–water partition coefficient (Wildman–Crippen LogP) is 4.05. The molecule has 0 fully saturated rings. The summed E-state index contributed by atoms with van der Waals surface area (Å²) in [7, 11) is 0. The van der Waals surface area contributed by atoms with Crippen molar-refractivity contribution in [1.29, 1.82) is 0 Å². The van der Waals surface area contributed by atoms with E-state index >= 15 is 0 Å². The van der Waals surface area contributed by atoms with E-state index in [1.165, 1.54) is 16.7 Å². The van der Waals surface area contributed by atoms with E-state index in [9.17, 15) is 0 Å². The van der Waals surface area contributed by atoms with E-state index in [0.29, 0.717) is 0 Å². The second-order valence-electron chi connectivity index (χ2n) is 5.79. The number of rotatable bonds is 7. The average Bonchev–Trinajstić information content (AvgIpc) is 2.63. The van der Waals surface area contributed by atoms with Crippen LogP contribution in [0.1, 0.15) is 16.7 Å². The number of aryl methyl sites for hydroxylation is 1. The first-order valence-corrected chi connectivity index (χ1v) is 8.19. The Hall–Kier alpha value is -2.88. The van der Waals surface area contributed by atoms with E-state index in [1.54, 1.807) is 6.33 Å². The monoisotopic (exact) mass is 318 g/mol. The van der Waals surface area contributed by atoms with Crippen molar-refractivity contribution in [1.82, 2.24) is 9.97 Å². The molecule has 4 nitrogen and oxygen atoms in total. The largest absolute Gasteiger partial charge is 0.370 e. The van der Waals surface area contributed by atoms with E-state index < -0.39 is 0 Å². The van der Waals surface area contributed by atoms with Gasteiger partial charge in [0, 0.05) is 19.2 Å². The molecular formula is C20H22N4. The fourth-order valence-electron chi connectivity index (χ4n) is 2.43. The zero-order chi connectivity index (χ0) is 16.6. The molecule has 0 amide bonds. The van der Waals surface area contributed by atoms with Crippen molar-refractivity contribution in [2.75, 3.05) is 17.2 Å². The van der Waals surface area contributed by atoms with Gasteiger partial charge >= 0.3 is 0 Å². The van der Waals surface area contributed by atoms with E-state index in [-0.39, 0.29) is 0 Å². The van der Waals surface area contributed by atoms with Gasteiger partial charge in [-0.2, -0.15) is 0 Å². The Bertz CT molecular complexity index is 754. The summed E-state index contributed by atoms with van der Waals surface area (Å²) in [6.45, 7) is 3.69. The van der Waals surface area contributed by atoms with Crippen LogP contribution in [-0.4, -0.2) is 16.5 Å². The highest BCUT2D eigenvalue weighted by Gasteiger charge is 1.99. The number of hydrogen-bond donors (Lipinski definition) is 2. The minimum Gasteiger partial charge on any atom is -0.370 e. The zero-order valence-corrected chi connectivity index (χ0v) is 13.9. The first-order valence-electron chi connectivity index (χ1n) is 8.19. The quantitative estimate of drug-likeness (QED) is 0.690. The molecule has 2 aromatic carbocycles. The molecule has 24 heavy (non-hydrogen) atoms. The molecule has 4 heteroatoms. The standard InChI is InChI=1S/C20H22N4/c1-16-7-9-18(10-8-16)14-22-20-13-19(23-15-24-20)21-12-11-17-5-3-2-4-6-17/h2-10,13,15H,11-12,14H2,1H3,(H2,21,22,23,24). The van der Waals surface area contributed by atoms with Crippen LogP contribution in [0.25, 0.3) is 0 Å². The van der Waals surface area contributed by atoms with E-state index in [2.05, 4.69) is 76.1 Å². The lowest BCUT2D eigenvalue weighted by atomic mass is 10.1. The maximum absolute atomic E-state index is 4.28. The highest BCUT2D eigenvalue weighted by molar-refractivity contribution is 5.46. The van der Waals surface area contributed by atoms with Crippen molar-refractivity contribution in [3.63, 3.8) is 0 Å². The number of nitrogens with one attached hydrogen (secondary N) is 2. The highest BCUT2D eigenvalue weighted by Crippen LogP contribution is 2.11. The lowest BCUT2D eigenvalue weighted by Crippen LogP contribution is -2.08. The minimum absolute atomic E-state index is 0.751. The molecule has 0 unspecified atom stereocenters. The van der Waals surface area contributed by atoms with Gasteiger partial charge in [0.25, 0.3) is 0 Å². The van der Waals surface area contributed by atoms with E-state index in [0.717, 1.165) is 31.1 Å². The first-order chi connectivity index (χ1) is 11.8. The number of aromatic nitrogens is 2. The molecule has 1 heterocycles. The third-order valence-corrected chi connectivity index (χ3v) is 3.82. The molecule has 0 saturated heterocycles. The third-order valence-electron chi connectivity index (χ3n) is 3.82. The van der Waals surface area contributed by atoms with Gasteiger partial charge in [-0.25, -0.2) is 9.97 Å². The van der Waals surface area contributed by atoms with Crippen LogP contribution in [0.2, 0.25) is 0 Å². The molecule has 0 aliphatic heterocycles. The molecule has 122 valence electrons. The van der Waals surface area contributed by atoms with Gasteiger partial charge in [-0.3, -0.25) is 0 Å². The highest BCUT2D eigenvalue weighted by atomic mass is 15.1. The van der Waals surface area contributed by atoms with Crippen molar-refractivity contribution in [3.8, 4) is 0 Å². The average molecular weight is 318 g/mol.